The van der Waals surface area contributed by atoms with Gasteiger partial charge in [0.1, 0.15) is 17.7 Å². The second-order valence-corrected chi connectivity index (χ2v) is 7.66. The summed E-state index contributed by atoms with van der Waals surface area (Å²) in [5.41, 5.74) is 7.40. The predicted molar refractivity (Wildman–Crippen MR) is 114 cm³/mol. The van der Waals surface area contributed by atoms with Gasteiger partial charge >= 0.3 is 6.03 Å². The molecule has 2 heterocycles. The summed E-state index contributed by atoms with van der Waals surface area (Å²) in [7, 11) is 0. The van der Waals surface area contributed by atoms with Gasteiger partial charge in [-0.2, -0.15) is 0 Å². The second-order valence-electron chi connectivity index (χ2n) is 7.66. The van der Waals surface area contributed by atoms with Crippen LogP contribution in [0, 0.1) is 11.6 Å². The molecular formula is C22H23F2N5O2. The van der Waals surface area contributed by atoms with Gasteiger partial charge in [-0.05, 0) is 30.2 Å². The summed E-state index contributed by atoms with van der Waals surface area (Å²) in [4.78, 5) is 29.3. The molecule has 0 bridgehead atoms. The van der Waals surface area contributed by atoms with Crippen molar-refractivity contribution in [3.63, 3.8) is 0 Å². The van der Waals surface area contributed by atoms with Gasteiger partial charge in [0.2, 0.25) is 5.91 Å². The zero-order valence-corrected chi connectivity index (χ0v) is 16.7. The molecule has 1 aromatic heterocycles. The highest BCUT2D eigenvalue weighted by molar-refractivity contribution is 5.89. The highest BCUT2D eigenvalue weighted by Gasteiger charge is 2.29. The minimum Gasteiger partial charge on any atom is -0.367 e. The Morgan fingerprint density at radius 3 is 2.81 bits per heavy atom. The number of nitrogens with zero attached hydrogens (tertiary/aromatic N) is 1. The van der Waals surface area contributed by atoms with Gasteiger partial charge in [-0.3, -0.25) is 4.79 Å². The van der Waals surface area contributed by atoms with Crippen LogP contribution in [0.1, 0.15) is 12.0 Å². The third-order valence-electron chi connectivity index (χ3n) is 5.52. The number of nitrogens with two attached hydrogens (primary N) is 1. The molecule has 5 N–H and O–H groups in total. The van der Waals surface area contributed by atoms with Gasteiger partial charge in [-0.1, -0.05) is 18.2 Å². The lowest BCUT2D eigenvalue weighted by Crippen LogP contribution is -2.52. The quantitative estimate of drug-likeness (QED) is 0.486. The van der Waals surface area contributed by atoms with Crippen LogP contribution >= 0.6 is 0 Å². The Kier molecular flexibility index (Phi) is 5.75. The van der Waals surface area contributed by atoms with Gasteiger partial charge in [0, 0.05) is 48.7 Å². The standard InChI is InChI=1S/C22H23F2N5O2/c23-14-5-6-20(17(24)10-14)29-8-7-15(12-29)27-21(30)19(28-22(25)31)9-13-11-26-18-4-2-1-3-16(13)18/h1-6,10-11,15,19,26H,7-9,12H2,(H,27,30)(H3,25,28,31). The summed E-state index contributed by atoms with van der Waals surface area (Å²) in [5.74, 6) is -1.64. The van der Waals surface area contributed by atoms with Crippen LogP contribution in [0.5, 0.6) is 0 Å². The van der Waals surface area contributed by atoms with Crippen LogP contribution in [0.4, 0.5) is 19.3 Å². The number of aromatic amines is 1. The normalized spacial score (nSPS) is 17.0. The molecule has 1 fully saturated rings. The van der Waals surface area contributed by atoms with Crippen LogP contribution in [-0.4, -0.2) is 42.1 Å². The molecule has 2 unspecified atom stereocenters. The smallest absolute Gasteiger partial charge is 0.312 e. The average molecular weight is 427 g/mol. The Labute approximate surface area is 177 Å². The van der Waals surface area contributed by atoms with Gasteiger partial charge in [0.15, 0.2) is 0 Å². The van der Waals surface area contributed by atoms with Crippen LogP contribution < -0.4 is 21.3 Å². The molecule has 2 atom stereocenters. The lowest BCUT2D eigenvalue weighted by atomic mass is 10.0. The fourth-order valence-electron chi connectivity index (χ4n) is 4.04. The van der Waals surface area contributed by atoms with Crippen molar-refractivity contribution < 1.29 is 18.4 Å². The number of aromatic nitrogens is 1. The van der Waals surface area contributed by atoms with Crippen molar-refractivity contribution in [3.8, 4) is 0 Å². The number of primary amides is 1. The molecule has 0 saturated carbocycles. The van der Waals surface area contributed by atoms with Crippen LogP contribution in [0.3, 0.4) is 0 Å². The van der Waals surface area contributed by atoms with E-state index in [1.807, 2.05) is 30.5 Å². The topological polar surface area (TPSA) is 103 Å². The van der Waals surface area contributed by atoms with Gasteiger partial charge in [-0.15, -0.1) is 0 Å². The number of para-hydroxylation sites is 1. The van der Waals surface area contributed by atoms with E-state index in [1.54, 1.807) is 4.90 Å². The maximum absolute atomic E-state index is 14.1. The molecular weight excluding hydrogens is 404 g/mol. The van der Waals surface area contributed by atoms with E-state index in [4.69, 9.17) is 5.73 Å². The molecule has 162 valence electrons. The SMILES string of the molecule is NC(=O)NC(Cc1c[nH]c2ccccc12)C(=O)NC1CCN(c2ccc(F)cc2F)C1. The number of nitrogens with one attached hydrogen (secondary N) is 3. The van der Waals surface area contributed by atoms with Crippen molar-refractivity contribution in [2.24, 2.45) is 5.73 Å². The molecule has 1 aliphatic heterocycles. The van der Waals surface area contributed by atoms with E-state index in [0.29, 0.717) is 25.2 Å². The molecule has 4 rings (SSSR count). The van der Waals surface area contributed by atoms with Crippen LogP contribution in [-0.2, 0) is 11.2 Å². The summed E-state index contributed by atoms with van der Waals surface area (Å²) in [5, 5.41) is 6.39. The maximum atomic E-state index is 14.1. The van der Waals surface area contributed by atoms with Gasteiger partial charge in [-0.25, -0.2) is 13.6 Å². The van der Waals surface area contributed by atoms with Gasteiger partial charge < -0.3 is 26.3 Å². The minimum atomic E-state index is -0.853. The molecule has 0 spiro atoms. The predicted octanol–water partition coefficient (Wildman–Crippen LogP) is 2.42. The van der Waals surface area contributed by atoms with Gasteiger partial charge in [0.05, 0.1) is 5.69 Å². The molecule has 31 heavy (non-hydrogen) atoms. The first-order valence-corrected chi connectivity index (χ1v) is 10.0. The fraction of sp³-hybridized carbons (Fsp3) is 0.273. The lowest BCUT2D eigenvalue weighted by molar-refractivity contribution is -0.123. The number of amides is 3. The summed E-state index contributed by atoms with van der Waals surface area (Å²) in [6, 6.07) is 9.23. The van der Waals surface area contributed by atoms with Crippen molar-refractivity contribution in [2.75, 3.05) is 18.0 Å². The summed E-state index contributed by atoms with van der Waals surface area (Å²) in [6.07, 6.45) is 2.67. The fourth-order valence-corrected chi connectivity index (χ4v) is 4.04. The Hall–Kier alpha value is -3.62. The molecule has 3 aromatic rings. The van der Waals surface area contributed by atoms with E-state index in [-0.39, 0.29) is 18.4 Å². The van der Waals surface area contributed by atoms with E-state index in [9.17, 15) is 18.4 Å². The van der Waals surface area contributed by atoms with Crippen LogP contribution in [0.2, 0.25) is 0 Å². The summed E-state index contributed by atoms with van der Waals surface area (Å²) < 4.78 is 27.2. The third kappa shape index (κ3) is 4.60. The zero-order chi connectivity index (χ0) is 22.0. The highest BCUT2D eigenvalue weighted by atomic mass is 19.1. The highest BCUT2D eigenvalue weighted by Crippen LogP contribution is 2.24. The van der Waals surface area contributed by atoms with Crippen LogP contribution in [0.25, 0.3) is 10.9 Å². The molecule has 2 aromatic carbocycles. The zero-order valence-electron chi connectivity index (χ0n) is 16.7. The first-order chi connectivity index (χ1) is 14.9. The Bertz CT molecular complexity index is 1120. The second kappa shape index (κ2) is 8.63. The molecule has 7 nitrogen and oxygen atoms in total. The third-order valence-corrected chi connectivity index (χ3v) is 5.52. The van der Waals surface area contributed by atoms with E-state index in [1.165, 1.54) is 12.1 Å². The lowest BCUT2D eigenvalue weighted by Gasteiger charge is -2.22. The van der Waals surface area contributed by atoms with E-state index >= 15 is 0 Å². The molecule has 0 radical (unpaired) electrons. The van der Waals surface area contributed by atoms with Crippen molar-refractivity contribution in [1.29, 1.82) is 0 Å². The number of fused-ring (bicyclic) bond motifs is 1. The van der Waals surface area contributed by atoms with Crippen LogP contribution in [0.15, 0.2) is 48.7 Å². The number of hydrogen-bond donors (Lipinski definition) is 4. The molecule has 9 heteroatoms. The van der Waals surface area contributed by atoms with Crippen molar-refractivity contribution in [1.82, 2.24) is 15.6 Å². The van der Waals surface area contributed by atoms with Gasteiger partial charge in [0.25, 0.3) is 0 Å². The Balaban J connectivity index is 1.44. The molecule has 1 saturated heterocycles. The largest absolute Gasteiger partial charge is 0.367 e. The maximum Gasteiger partial charge on any atom is 0.312 e. The number of urea groups is 1. The molecule has 1 aliphatic rings. The summed E-state index contributed by atoms with van der Waals surface area (Å²) >= 11 is 0. The number of halogens is 2. The van der Waals surface area contributed by atoms with Crippen molar-refractivity contribution in [3.05, 3.63) is 65.9 Å². The number of benzene rings is 2. The minimum absolute atomic E-state index is 0.239. The number of carbonyl (C=O) groups is 2. The van der Waals surface area contributed by atoms with E-state index in [2.05, 4.69) is 15.6 Å². The van der Waals surface area contributed by atoms with Crippen molar-refractivity contribution >= 4 is 28.5 Å². The average Bonchev–Trinajstić information content (AvgIpc) is 3.34. The van der Waals surface area contributed by atoms with Crippen molar-refractivity contribution in [2.45, 2.75) is 24.9 Å². The first-order valence-electron chi connectivity index (χ1n) is 10.0. The monoisotopic (exact) mass is 427 g/mol. The number of hydrogen-bond acceptors (Lipinski definition) is 3. The number of rotatable bonds is 6. The Morgan fingerprint density at radius 2 is 2.03 bits per heavy atom. The number of H-pyrrole nitrogens is 1. The molecule has 0 aliphatic carbocycles. The van der Waals surface area contributed by atoms with E-state index < -0.39 is 23.7 Å². The molecule has 3 amide bonds. The summed E-state index contributed by atoms with van der Waals surface area (Å²) in [6.45, 7) is 0.897. The van der Waals surface area contributed by atoms with E-state index in [0.717, 1.165) is 22.5 Å². The number of carbonyl (C=O) groups excluding carboxylic acids is 2. The first kappa shape index (κ1) is 20.6. The Morgan fingerprint density at radius 1 is 1.23 bits per heavy atom. The number of anilines is 1.